The first kappa shape index (κ1) is 21.1. The minimum Gasteiger partial charge on any atom is -0.479 e. The number of amides is 1. The number of alkyl halides is 2. The number of esters is 1. The molecule has 28 heavy (non-hydrogen) atoms. The van der Waals surface area contributed by atoms with Crippen molar-refractivity contribution >= 4 is 17.6 Å². The van der Waals surface area contributed by atoms with E-state index in [0.717, 1.165) is 5.56 Å². The van der Waals surface area contributed by atoms with Gasteiger partial charge in [0.2, 0.25) is 0 Å². The molecule has 0 aliphatic rings. The van der Waals surface area contributed by atoms with Gasteiger partial charge in [-0.3, -0.25) is 4.79 Å². The van der Waals surface area contributed by atoms with E-state index >= 15 is 0 Å². The van der Waals surface area contributed by atoms with Crippen molar-refractivity contribution in [3.63, 3.8) is 0 Å². The van der Waals surface area contributed by atoms with E-state index in [2.05, 4.69) is 10.1 Å². The molecule has 1 N–H and O–H groups in total. The van der Waals surface area contributed by atoms with E-state index in [1.54, 1.807) is 24.3 Å². The maximum atomic E-state index is 12.4. The molecule has 0 heterocycles. The molecular weight excluding hydrogens is 372 g/mol. The number of nitrogens with one attached hydrogen (secondary N) is 1. The van der Waals surface area contributed by atoms with Gasteiger partial charge in [-0.15, -0.1) is 0 Å². The second kappa shape index (κ2) is 9.68. The fraction of sp³-hybridized carbons (Fsp3) is 0.300. The number of rotatable bonds is 8. The maximum absolute atomic E-state index is 12.4. The third kappa shape index (κ3) is 6.22. The van der Waals surface area contributed by atoms with Crippen LogP contribution < -0.4 is 14.8 Å². The number of para-hydroxylation sites is 2. The Morgan fingerprint density at radius 3 is 2.36 bits per heavy atom. The smallest absolute Gasteiger partial charge is 0.387 e. The summed E-state index contributed by atoms with van der Waals surface area (Å²) >= 11 is 0. The Kier molecular flexibility index (Phi) is 7.31. The van der Waals surface area contributed by atoms with Gasteiger partial charge in [-0.2, -0.15) is 8.78 Å². The summed E-state index contributed by atoms with van der Waals surface area (Å²) in [5.41, 5.74) is 1.01. The molecule has 2 aromatic carbocycles. The third-order valence-corrected chi connectivity index (χ3v) is 3.66. The highest BCUT2D eigenvalue weighted by Gasteiger charge is 2.24. The minimum atomic E-state index is -3.03. The zero-order valence-electron chi connectivity index (χ0n) is 15.6. The molecule has 0 fully saturated rings. The fourth-order valence-corrected chi connectivity index (χ4v) is 2.27. The van der Waals surface area contributed by atoms with Crippen LogP contribution >= 0.6 is 0 Å². The van der Waals surface area contributed by atoms with Crippen molar-refractivity contribution in [2.75, 3.05) is 5.32 Å². The topological polar surface area (TPSA) is 73.9 Å². The second-order valence-corrected chi connectivity index (χ2v) is 6.02. The van der Waals surface area contributed by atoms with Crippen LogP contribution in [0.4, 0.5) is 14.5 Å². The summed E-state index contributed by atoms with van der Waals surface area (Å²) in [5, 5.41) is 2.40. The quantitative estimate of drug-likeness (QED) is 0.688. The van der Waals surface area contributed by atoms with E-state index in [1.807, 2.05) is 13.0 Å². The Balaban J connectivity index is 1.93. The molecule has 1 amide bonds. The third-order valence-electron chi connectivity index (χ3n) is 3.66. The lowest BCUT2D eigenvalue weighted by Gasteiger charge is -2.18. The van der Waals surface area contributed by atoms with Gasteiger partial charge >= 0.3 is 12.6 Å². The highest BCUT2D eigenvalue weighted by molar-refractivity contribution is 5.96. The molecule has 0 bridgehead atoms. The van der Waals surface area contributed by atoms with Crippen LogP contribution in [0, 0.1) is 6.92 Å². The van der Waals surface area contributed by atoms with Gasteiger partial charge in [-0.05, 0) is 50.6 Å². The van der Waals surface area contributed by atoms with Crippen molar-refractivity contribution in [3.8, 4) is 11.5 Å². The number of aryl methyl sites for hydroxylation is 1. The van der Waals surface area contributed by atoms with Gasteiger partial charge in [-0.1, -0.05) is 24.3 Å². The van der Waals surface area contributed by atoms with Gasteiger partial charge in [0.1, 0.15) is 11.5 Å². The number of halogens is 2. The van der Waals surface area contributed by atoms with Crippen LogP contribution in [0.5, 0.6) is 11.5 Å². The zero-order chi connectivity index (χ0) is 20.7. The number of carbonyl (C=O) groups is 2. The van der Waals surface area contributed by atoms with Crippen LogP contribution in [0.1, 0.15) is 19.4 Å². The highest BCUT2D eigenvalue weighted by atomic mass is 19.3. The number of anilines is 1. The summed E-state index contributed by atoms with van der Waals surface area (Å²) < 4.78 is 39.8. The molecule has 0 aromatic heterocycles. The predicted octanol–water partition coefficient (Wildman–Crippen LogP) is 3.93. The van der Waals surface area contributed by atoms with Crippen molar-refractivity contribution in [2.24, 2.45) is 0 Å². The Morgan fingerprint density at radius 1 is 0.964 bits per heavy atom. The summed E-state index contributed by atoms with van der Waals surface area (Å²) in [5.74, 6) is -1.12. The highest BCUT2D eigenvalue weighted by Crippen LogP contribution is 2.25. The van der Waals surface area contributed by atoms with Gasteiger partial charge in [0.05, 0.1) is 5.69 Å². The van der Waals surface area contributed by atoms with Crippen LogP contribution in [0.2, 0.25) is 0 Å². The second-order valence-electron chi connectivity index (χ2n) is 6.02. The first-order valence-electron chi connectivity index (χ1n) is 8.54. The number of hydrogen-bond donors (Lipinski definition) is 1. The molecule has 2 aromatic rings. The normalized spacial score (nSPS) is 12.8. The average Bonchev–Trinajstić information content (AvgIpc) is 2.62. The number of ether oxygens (including phenoxy) is 3. The fourth-order valence-electron chi connectivity index (χ4n) is 2.27. The summed E-state index contributed by atoms with van der Waals surface area (Å²) in [6.07, 6.45) is -2.11. The molecule has 8 heteroatoms. The molecule has 2 atom stereocenters. The van der Waals surface area contributed by atoms with Gasteiger partial charge in [0.15, 0.2) is 12.2 Å². The maximum Gasteiger partial charge on any atom is 0.387 e. The van der Waals surface area contributed by atoms with Crippen LogP contribution in [0.3, 0.4) is 0 Å². The van der Waals surface area contributed by atoms with Crippen LogP contribution in [0.25, 0.3) is 0 Å². The molecule has 0 spiro atoms. The Morgan fingerprint density at radius 2 is 1.68 bits per heavy atom. The molecule has 0 unspecified atom stereocenters. The van der Waals surface area contributed by atoms with E-state index in [-0.39, 0.29) is 11.4 Å². The summed E-state index contributed by atoms with van der Waals surface area (Å²) in [6.45, 7) is 1.72. The largest absolute Gasteiger partial charge is 0.479 e. The number of hydrogen-bond acceptors (Lipinski definition) is 5. The van der Waals surface area contributed by atoms with Crippen molar-refractivity contribution in [1.29, 1.82) is 0 Å². The molecular formula is C20H21F2NO5. The average molecular weight is 393 g/mol. The summed E-state index contributed by atoms with van der Waals surface area (Å²) in [4.78, 5) is 24.4. The van der Waals surface area contributed by atoms with Gasteiger partial charge in [0.25, 0.3) is 5.91 Å². The van der Waals surface area contributed by atoms with E-state index < -0.39 is 30.7 Å². The number of carbonyl (C=O) groups excluding carboxylic acids is 2. The van der Waals surface area contributed by atoms with Gasteiger partial charge in [0, 0.05) is 0 Å². The Bertz CT molecular complexity index is 828. The SMILES string of the molecule is Cc1cccc(O[C@H](C)C(=O)O[C@H](C)C(=O)Nc2ccccc2OC(F)F)c1. The molecule has 150 valence electrons. The molecule has 6 nitrogen and oxygen atoms in total. The van der Waals surface area contributed by atoms with Crippen molar-refractivity contribution in [3.05, 3.63) is 54.1 Å². The standard InChI is InChI=1S/C20H21F2NO5/c1-12-7-6-8-15(11-12)26-14(3)19(25)27-13(2)18(24)23-16-9-4-5-10-17(16)28-20(21)22/h4-11,13-14,20H,1-3H3,(H,23,24)/t13-,14-/m1/s1. The molecule has 2 rings (SSSR count). The molecule has 0 radical (unpaired) electrons. The lowest BCUT2D eigenvalue weighted by molar-refractivity contribution is -0.159. The molecule has 0 saturated carbocycles. The monoisotopic (exact) mass is 393 g/mol. The summed E-state index contributed by atoms with van der Waals surface area (Å²) in [6, 6.07) is 12.9. The molecule has 0 aliphatic carbocycles. The lowest BCUT2D eigenvalue weighted by atomic mass is 10.2. The van der Waals surface area contributed by atoms with Crippen LogP contribution in [-0.4, -0.2) is 30.7 Å². The Labute approximate surface area is 161 Å². The van der Waals surface area contributed by atoms with E-state index in [0.29, 0.717) is 5.75 Å². The summed E-state index contributed by atoms with van der Waals surface area (Å²) in [7, 11) is 0. The first-order valence-corrected chi connectivity index (χ1v) is 8.54. The predicted molar refractivity (Wildman–Crippen MR) is 98.5 cm³/mol. The Hall–Kier alpha value is -3.16. The first-order chi connectivity index (χ1) is 13.3. The van der Waals surface area contributed by atoms with Gasteiger partial charge < -0.3 is 19.5 Å². The lowest BCUT2D eigenvalue weighted by Crippen LogP contribution is -2.35. The van der Waals surface area contributed by atoms with E-state index in [9.17, 15) is 18.4 Å². The van der Waals surface area contributed by atoms with Gasteiger partial charge in [-0.25, -0.2) is 4.79 Å². The van der Waals surface area contributed by atoms with Crippen molar-refractivity contribution in [2.45, 2.75) is 39.6 Å². The van der Waals surface area contributed by atoms with E-state index in [1.165, 1.54) is 32.0 Å². The van der Waals surface area contributed by atoms with Crippen molar-refractivity contribution < 1.29 is 32.6 Å². The van der Waals surface area contributed by atoms with Crippen LogP contribution in [0.15, 0.2) is 48.5 Å². The zero-order valence-corrected chi connectivity index (χ0v) is 15.6. The molecule has 0 saturated heterocycles. The molecule has 0 aliphatic heterocycles. The van der Waals surface area contributed by atoms with Crippen LogP contribution in [-0.2, 0) is 14.3 Å². The van der Waals surface area contributed by atoms with Crippen molar-refractivity contribution in [1.82, 2.24) is 0 Å². The minimum absolute atomic E-state index is 0.0414. The van der Waals surface area contributed by atoms with E-state index in [4.69, 9.17) is 9.47 Å². The number of benzene rings is 2.